The van der Waals surface area contributed by atoms with Gasteiger partial charge in [0.1, 0.15) is 11.3 Å². The van der Waals surface area contributed by atoms with Gasteiger partial charge in [0.2, 0.25) is 5.95 Å². The van der Waals surface area contributed by atoms with Crippen molar-refractivity contribution in [1.29, 1.82) is 0 Å². The number of allylic oxidation sites excluding steroid dienone is 10. The number of hydrogen-bond acceptors (Lipinski definition) is 3. The molecule has 3 heterocycles. The van der Waals surface area contributed by atoms with Crippen LogP contribution in [0.4, 0.5) is 0 Å². The Morgan fingerprint density at radius 3 is 2.43 bits per heavy atom. The molecule has 0 amide bonds. The maximum atomic E-state index is 6.81. The van der Waals surface area contributed by atoms with Gasteiger partial charge in [-0.05, 0) is 52.4 Å². The summed E-state index contributed by atoms with van der Waals surface area (Å²) < 4.78 is 9.13. The minimum Gasteiger partial charge on any atom is -0.456 e. The number of fused-ring (bicyclic) bond motifs is 12. The minimum atomic E-state index is -0.248. The van der Waals surface area contributed by atoms with Gasteiger partial charge in [-0.2, -0.15) is 0 Å². The molecular formula is C47H35N3O. The van der Waals surface area contributed by atoms with Crippen LogP contribution in [0.5, 0.6) is 0 Å². The standard InChI is InChI=1S/C47H35N3O/c1-28-31-15-5-3-13-29(31)22-24-38-41(28)43-32-16-6-4-14-30(32)23-25-39(43)50(38)46-48-37-20-9-7-17-33(37)44(49-46)35-27-47(2)26-12-11-19-36(47)42-34-18-8-10-21-40(34)51-45(35)42/h3-29,31,36H,1-2H3. The topological polar surface area (TPSA) is 43.9 Å². The summed E-state index contributed by atoms with van der Waals surface area (Å²) in [5, 5.41) is 5.95. The van der Waals surface area contributed by atoms with E-state index in [4.69, 9.17) is 14.4 Å². The smallest absolute Gasteiger partial charge is 0.235 e. The summed E-state index contributed by atoms with van der Waals surface area (Å²) in [6.45, 7) is 4.72. The van der Waals surface area contributed by atoms with Gasteiger partial charge in [0.05, 0.1) is 22.4 Å². The summed E-state index contributed by atoms with van der Waals surface area (Å²) in [7, 11) is 0. The van der Waals surface area contributed by atoms with Crippen LogP contribution in [0.2, 0.25) is 0 Å². The van der Waals surface area contributed by atoms with Gasteiger partial charge in [0.15, 0.2) is 0 Å². The molecule has 5 unspecified atom stereocenters. The van der Waals surface area contributed by atoms with Crippen LogP contribution < -0.4 is 0 Å². The second-order valence-corrected chi connectivity index (χ2v) is 14.8. The van der Waals surface area contributed by atoms with Gasteiger partial charge in [-0.15, -0.1) is 0 Å². The van der Waals surface area contributed by atoms with Gasteiger partial charge >= 0.3 is 0 Å². The van der Waals surface area contributed by atoms with Gasteiger partial charge in [0, 0.05) is 44.5 Å². The monoisotopic (exact) mass is 657 g/mol. The van der Waals surface area contributed by atoms with Crippen molar-refractivity contribution in [2.75, 3.05) is 0 Å². The first-order valence-electron chi connectivity index (χ1n) is 18.0. The van der Waals surface area contributed by atoms with Gasteiger partial charge in [-0.3, -0.25) is 4.57 Å². The predicted octanol–water partition coefficient (Wildman–Crippen LogP) is 11.6. The van der Waals surface area contributed by atoms with Crippen molar-refractivity contribution >= 4 is 55.2 Å². The lowest BCUT2D eigenvalue weighted by molar-refractivity contribution is 0.465. The van der Waals surface area contributed by atoms with E-state index in [1.165, 1.54) is 27.3 Å². The Balaban J connectivity index is 1.24. The molecule has 4 aliphatic carbocycles. The SMILES string of the molecule is CC1c2c(n(-c3nc(C4=CC5(C)C=CC=CC5c5c4oc4ccccc54)c4ccccc4n3)c3ccc4ccccc4c23)C=CC2C=CC=CC21. The zero-order chi connectivity index (χ0) is 33.8. The van der Waals surface area contributed by atoms with Crippen LogP contribution in [0.3, 0.4) is 0 Å². The molecule has 11 rings (SSSR count). The van der Waals surface area contributed by atoms with E-state index >= 15 is 0 Å². The maximum absolute atomic E-state index is 6.81. The fourth-order valence-electron chi connectivity index (χ4n) is 9.47. The lowest BCUT2D eigenvalue weighted by Gasteiger charge is -2.37. The normalized spacial score (nSPS) is 24.5. The molecule has 4 aliphatic rings. The molecule has 0 fully saturated rings. The molecule has 7 aromatic rings. The Morgan fingerprint density at radius 2 is 1.51 bits per heavy atom. The molecule has 4 heteroatoms. The van der Waals surface area contributed by atoms with E-state index in [9.17, 15) is 0 Å². The summed E-state index contributed by atoms with van der Waals surface area (Å²) in [6.07, 6.45) is 25.2. The molecule has 0 radical (unpaired) electrons. The summed E-state index contributed by atoms with van der Waals surface area (Å²) in [5.41, 5.74) is 8.32. The molecule has 4 nitrogen and oxygen atoms in total. The number of hydrogen-bond donors (Lipinski definition) is 0. The lowest BCUT2D eigenvalue weighted by Crippen LogP contribution is -2.26. The quantitative estimate of drug-likeness (QED) is 0.186. The molecule has 0 bridgehead atoms. The van der Waals surface area contributed by atoms with E-state index in [1.54, 1.807) is 0 Å². The third-order valence-electron chi connectivity index (χ3n) is 11.9. The van der Waals surface area contributed by atoms with Crippen molar-refractivity contribution in [3.05, 3.63) is 174 Å². The third-order valence-corrected chi connectivity index (χ3v) is 11.9. The van der Waals surface area contributed by atoms with E-state index in [0.717, 1.165) is 50.1 Å². The molecule has 0 saturated heterocycles. The van der Waals surface area contributed by atoms with Gasteiger partial charge < -0.3 is 4.42 Å². The zero-order valence-corrected chi connectivity index (χ0v) is 28.5. The Hall–Kier alpha value is -6.00. The van der Waals surface area contributed by atoms with Crippen LogP contribution in [-0.4, -0.2) is 14.5 Å². The molecule has 5 atom stereocenters. The second kappa shape index (κ2) is 10.5. The number of furan rings is 1. The summed E-state index contributed by atoms with van der Waals surface area (Å²) in [6, 6.07) is 30.1. The van der Waals surface area contributed by atoms with E-state index in [0.29, 0.717) is 17.8 Å². The Bertz CT molecular complexity index is 2820. The van der Waals surface area contributed by atoms with Crippen LogP contribution in [0, 0.1) is 17.3 Å². The lowest BCUT2D eigenvalue weighted by atomic mass is 9.65. The van der Waals surface area contributed by atoms with Crippen molar-refractivity contribution < 1.29 is 4.42 Å². The first kappa shape index (κ1) is 28.8. The zero-order valence-electron chi connectivity index (χ0n) is 28.5. The van der Waals surface area contributed by atoms with E-state index < -0.39 is 0 Å². The van der Waals surface area contributed by atoms with Crippen LogP contribution in [0.15, 0.2) is 150 Å². The molecule has 0 aliphatic heterocycles. The molecule has 244 valence electrons. The molecule has 0 spiro atoms. The number of aromatic nitrogens is 3. The van der Waals surface area contributed by atoms with E-state index in [2.05, 4.69) is 170 Å². The minimum absolute atomic E-state index is 0.160. The van der Waals surface area contributed by atoms with Gasteiger partial charge in [-0.25, -0.2) is 9.97 Å². The van der Waals surface area contributed by atoms with Crippen molar-refractivity contribution in [2.24, 2.45) is 17.3 Å². The van der Waals surface area contributed by atoms with Crippen LogP contribution in [-0.2, 0) is 0 Å². The predicted molar refractivity (Wildman–Crippen MR) is 209 cm³/mol. The second-order valence-electron chi connectivity index (χ2n) is 14.8. The van der Waals surface area contributed by atoms with Crippen molar-refractivity contribution in [3.8, 4) is 5.95 Å². The Kier molecular flexibility index (Phi) is 5.93. The van der Waals surface area contributed by atoms with Crippen molar-refractivity contribution in [1.82, 2.24) is 14.5 Å². The van der Waals surface area contributed by atoms with Crippen molar-refractivity contribution in [2.45, 2.75) is 25.7 Å². The average molecular weight is 658 g/mol. The fraction of sp³-hybridized carbons (Fsp3) is 0.149. The number of para-hydroxylation sites is 2. The summed E-state index contributed by atoms with van der Waals surface area (Å²) >= 11 is 0. The highest BCUT2D eigenvalue weighted by atomic mass is 16.3. The first-order chi connectivity index (χ1) is 25.1. The van der Waals surface area contributed by atoms with E-state index in [-0.39, 0.29) is 17.3 Å². The molecular weight excluding hydrogens is 623 g/mol. The first-order valence-corrected chi connectivity index (χ1v) is 18.0. The Labute approximate surface area is 296 Å². The third kappa shape index (κ3) is 4.02. The van der Waals surface area contributed by atoms with Crippen molar-refractivity contribution in [3.63, 3.8) is 0 Å². The van der Waals surface area contributed by atoms with Gasteiger partial charge in [-0.1, -0.05) is 141 Å². The molecule has 4 aromatic carbocycles. The van der Waals surface area contributed by atoms with Crippen LogP contribution in [0.1, 0.15) is 54.0 Å². The maximum Gasteiger partial charge on any atom is 0.235 e. The van der Waals surface area contributed by atoms with E-state index in [1.807, 2.05) is 0 Å². The average Bonchev–Trinajstić information content (AvgIpc) is 3.68. The number of nitrogens with zero attached hydrogens (tertiary/aromatic N) is 3. The summed E-state index contributed by atoms with van der Waals surface area (Å²) in [4.78, 5) is 11.0. The molecule has 51 heavy (non-hydrogen) atoms. The highest BCUT2D eigenvalue weighted by Crippen LogP contribution is 2.54. The molecule has 0 N–H and O–H groups in total. The number of benzene rings is 4. The molecule has 3 aromatic heterocycles. The van der Waals surface area contributed by atoms with Gasteiger partial charge in [0.25, 0.3) is 0 Å². The van der Waals surface area contributed by atoms with Crippen LogP contribution in [0.25, 0.3) is 61.1 Å². The fourth-order valence-corrected chi connectivity index (χ4v) is 9.47. The molecule has 0 saturated carbocycles. The largest absolute Gasteiger partial charge is 0.456 e. The van der Waals surface area contributed by atoms with Crippen LogP contribution >= 0.6 is 0 Å². The Morgan fingerprint density at radius 1 is 0.725 bits per heavy atom. The summed E-state index contributed by atoms with van der Waals surface area (Å²) in [5.74, 6) is 2.69. The highest BCUT2D eigenvalue weighted by molar-refractivity contribution is 6.11. The highest BCUT2D eigenvalue weighted by Gasteiger charge is 2.41. The number of rotatable bonds is 2.